The van der Waals surface area contributed by atoms with Gasteiger partial charge in [0.05, 0.1) is 13.7 Å². The summed E-state index contributed by atoms with van der Waals surface area (Å²) in [5.41, 5.74) is 7.50. The maximum absolute atomic E-state index is 5.82. The molecule has 1 aromatic carbocycles. The fourth-order valence-corrected chi connectivity index (χ4v) is 1.29. The highest BCUT2D eigenvalue weighted by atomic mass is 16.5. The summed E-state index contributed by atoms with van der Waals surface area (Å²) in [6, 6.07) is 5.66. The Balaban J connectivity index is 3.09. The minimum atomic E-state index is 0.607. The molecule has 3 nitrogen and oxygen atoms in total. The quantitative estimate of drug-likeness (QED) is 0.824. The zero-order chi connectivity index (χ0) is 11.3. The number of ether oxygens (including phenoxy) is 2. The van der Waals surface area contributed by atoms with Crippen molar-refractivity contribution in [2.24, 2.45) is 5.73 Å². The number of nitrogens with two attached hydrogens (primary N) is 1. The molecule has 0 saturated carbocycles. The Labute approximate surface area is 90.5 Å². The molecule has 3 heteroatoms. The van der Waals surface area contributed by atoms with Crippen LogP contribution in [0.25, 0.3) is 5.70 Å². The van der Waals surface area contributed by atoms with Crippen molar-refractivity contribution in [1.82, 2.24) is 0 Å². The predicted molar refractivity (Wildman–Crippen MR) is 62.0 cm³/mol. The molecular formula is C12H17NO2. The molecule has 0 aromatic heterocycles. The molecule has 0 amide bonds. The van der Waals surface area contributed by atoms with Crippen molar-refractivity contribution in [1.29, 1.82) is 0 Å². The molecule has 0 unspecified atom stereocenters. The summed E-state index contributed by atoms with van der Waals surface area (Å²) in [6.07, 6.45) is 1.86. The van der Waals surface area contributed by atoms with E-state index in [4.69, 9.17) is 15.2 Å². The van der Waals surface area contributed by atoms with Crippen LogP contribution in [0.15, 0.2) is 24.3 Å². The van der Waals surface area contributed by atoms with Gasteiger partial charge >= 0.3 is 0 Å². The highest BCUT2D eigenvalue weighted by molar-refractivity contribution is 5.65. The summed E-state index contributed by atoms with van der Waals surface area (Å²) in [6.45, 7) is 4.45. The van der Waals surface area contributed by atoms with Crippen LogP contribution in [-0.4, -0.2) is 13.7 Å². The molecule has 2 N–H and O–H groups in total. The maximum atomic E-state index is 5.82. The van der Waals surface area contributed by atoms with Crippen molar-refractivity contribution >= 4 is 5.70 Å². The molecule has 0 saturated heterocycles. The molecular weight excluding hydrogens is 190 g/mol. The fraction of sp³-hybridized carbons (Fsp3) is 0.333. The molecule has 0 spiro atoms. The van der Waals surface area contributed by atoms with E-state index in [0.29, 0.717) is 6.61 Å². The third-order valence-corrected chi connectivity index (χ3v) is 2.11. The number of benzene rings is 1. The number of allylic oxidation sites excluding steroid dienone is 1. The molecule has 0 bridgehead atoms. The van der Waals surface area contributed by atoms with Gasteiger partial charge < -0.3 is 15.2 Å². The number of rotatable bonds is 4. The van der Waals surface area contributed by atoms with Crippen molar-refractivity contribution in [3.8, 4) is 11.5 Å². The van der Waals surface area contributed by atoms with E-state index >= 15 is 0 Å². The average molecular weight is 207 g/mol. The lowest BCUT2D eigenvalue weighted by Gasteiger charge is -2.11. The van der Waals surface area contributed by atoms with Gasteiger partial charge in [-0.2, -0.15) is 0 Å². The largest absolute Gasteiger partial charge is 0.493 e. The van der Waals surface area contributed by atoms with Crippen LogP contribution in [0.5, 0.6) is 11.5 Å². The van der Waals surface area contributed by atoms with Gasteiger partial charge in [0.1, 0.15) is 0 Å². The lowest BCUT2D eigenvalue weighted by Crippen LogP contribution is -1.99. The third kappa shape index (κ3) is 2.65. The lowest BCUT2D eigenvalue weighted by molar-refractivity contribution is 0.311. The van der Waals surface area contributed by atoms with Crippen molar-refractivity contribution in [3.05, 3.63) is 29.8 Å². The number of methoxy groups -OCH3 is 1. The molecule has 1 aromatic rings. The van der Waals surface area contributed by atoms with Crippen molar-refractivity contribution in [2.45, 2.75) is 13.8 Å². The van der Waals surface area contributed by atoms with Crippen LogP contribution in [0, 0.1) is 0 Å². The van der Waals surface area contributed by atoms with Gasteiger partial charge in [-0.15, -0.1) is 0 Å². The number of hydrogen-bond acceptors (Lipinski definition) is 3. The van der Waals surface area contributed by atoms with Gasteiger partial charge in [0.15, 0.2) is 11.5 Å². The van der Waals surface area contributed by atoms with E-state index in [1.807, 2.05) is 38.1 Å². The minimum Gasteiger partial charge on any atom is -0.493 e. The molecule has 0 aliphatic carbocycles. The summed E-state index contributed by atoms with van der Waals surface area (Å²) in [7, 11) is 1.62. The summed E-state index contributed by atoms with van der Waals surface area (Å²) in [4.78, 5) is 0. The molecule has 0 fully saturated rings. The monoisotopic (exact) mass is 207 g/mol. The summed E-state index contributed by atoms with van der Waals surface area (Å²) in [5, 5.41) is 0. The first-order valence-electron chi connectivity index (χ1n) is 4.96. The number of hydrogen-bond donors (Lipinski definition) is 1. The molecule has 1 rings (SSSR count). The molecule has 0 radical (unpaired) electrons. The van der Waals surface area contributed by atoms with Gasteiger partial charge in [-0.25, -0.2) is 0 Å². The van der Waals surface area contributed by atoms with Crippen LogP contribution in [0.1, 0.15) is 19.4 Å². The van der Waals surface area contributed by atoms with Gasteiger partial charge in [-0.05, 0) is 32.0 Å². The van der Waals surface area contributed by atoms with Crippen LogP contribution in [0.4, 0.5) is 0 Å². The zero-order valence-electron chi connectivity index (χ0n) is 9.41. The smallest absolute Gasteiger partial charge is 0.161 e. The molecule has 0 atom stereocenters. The van der Waals surface area contributed by atoms with Crippen molar-refractivity contribution in [3.63, 3.8) is 0 Å². The van der Waals surface area contributed by atoms with Crippen molar-refractivity contribution < 1.29 is 9.47 Å². The van der Waals surface area contributed by atoms with Crippen LogP contribution in [0.2, 0.25) is 0 Å². The zero-order valence-corrected chi connectivity index (χ0v) is 9.41. The van der Waals surface area contributed by atoms with Crippen molar-refractivity contribution in [2.75, 3.05) is 13.7 Å². The summed E-state index contributed by atoms with van der Waals surface area (Å²) in [5.74, 6) is 1.45. The Morgan fingerprint density at radius 1 is 1.40 bits per heavy atom. The normalized spacial score (nSPS) is 11.3. The molecule has 0 aliphatic rings. The second-order valence-electron chi connectivity index (χ2n) is 3.04. The van der Waals surface area contributed by atoms with E-state index < -0.39 is 0 Å². The topological polar surface area (TPSA) is 44.5 Å². The van der Waals surface area contributed by atoms with Gasteiger partial charge in [-0.3, -0.25) is 0 Å². The van der Waals surface area contributed by atoms with Crippen LogP contribution < -0.4 is 15.2 Å². The van der Waals surface area contributed by atoms with E-state index in [9.17, 15) is 0 Å². The molecule has 0 heterocycles. The van der Waals surface area contributed by atoms with E-state index in [0.717, 1.165) is 22.8 Å². The van der Waals surface area contributed by atoms with E-state index in [-0.39, 0.29) is 0 Å². The third-order valence-electron chi connectivity index (χ3n) is 2.11. The maximum Gasteiger partial charge on any atom is 0.161 e. The lowest BCUT2D eigenvalue weighted by atomic mass is 10.1. The van der Waals surface area contributed by atoms with Crippen LogP contribution in [0.3, 0.4) is 0 Å². The highest BCUT2D eigenvalue weighted by Crippen LogP contribution is 2.29. The summed E-state index contributed by atoms with van der Waals surface area (Å²) >= 11 is 0. The predicted octanol–water partition coefficient (Wildman–Crippen LogP) is 2.41. The van der Waals surface area contributed by atoms with Crippen LogP contribution in [-0.2, 0) is 0 Å². The van der Waals surface area contributed by atoms with E-state index in [1.165, 1.54) is 0 Å². The molecule has 82 valence electrons. The van der Waals surface area contributed by atoms with E-state index in [1.54, 1.807) is 7.11 Å². The Hall–Kier alpha value is -1.64. The second-order valence-corrected chi connectivity index (χ2v) is 3.04. The first-order valence-corrected chi connectivity index (χ1v) is 4.96. The Morgan fingerprint density at radius 2 is 2.13 bits per heavy atom. The standard InChI is InChI=1S/C12H17NO2/c1-4-10(13)9-6-7-11(14-3)12(8-9)15-5-2/h4,6-8H,5,13H2,1-3H3/b10-4-. The average Bonchev–Trinajstić information content (AvgIpc) is 2.28. The van der Waals surface area contributed by atoms with Gasteiger partial charge in [0.2, 0.25) is 0 Å². The Kier molecular flexibility index (Phi) is 4.03. The summed E-state index contributed by atoms with van der Waals surface area (Å²) < 4.78 is 10.6. The minimum absolute atomic E-state index is 0.607. The Morgan fingerprint density at radius 3 is 2.67 bits per heavy atom. The molecule has 15 heavy (non-hydrogen) atoms. The molecule has 0 aliphatic heterocycles. The van der Waals surface area contributed by atoms with E-state index in [2.05, 4.69) is 0 Å². The van der Waals surface area contributed by atoms with Gasteiger partial charge in [0, 0.05) is 11.3 Å². The fourth-order valence-electron chi connectivity index (χ4n) is 1.29. The first-order chi connectivity index (χ1) is 7.22. The van der Waals surface area contributed by atoms with Crippen LogP contribution >= 0.6 is 0 Å². The highest BCUT2D eigenvalue weighted by Gasteiger charge is 2.05. The SMILES string of the molecule is C/C=C(\N)c1ccc(OC)c(OCC)c1. The van der Waals surface area contributed by atoms with Gasteiger partial charge in [0.25, 0.3) is 0 Å². The van der Waals surface area contributed by atoms with Gasteiger partial charge in [-0.1, -0.05) is 6.08 Å². The first kappa shape index (κ1) is 11.4. The second kappa shape index (κ2) is 5.29. The Bertz CT molecular complexity index is 359.